The van der Waals surface area contributed by atoms with E-state index in [1.807, 2.05) is 0 Å². The molecular weight excluding hydrogens is 669 g/mol. The Morgan fingerprint density at radius 2 is 1.47 bits per heavy atom. The number of benzene rings is 2. The van der Waals surface area contributed by atoms with Crippen LogP contribution >= 0.6 is 0 Å². The predicted octanol–water partition coefficient (Wildman–Crippen LogP) is 4.91. The Hall–Kier alpha value is -4.51. The Morgan fingerprint density at radius 1 is 0.939 bits per heavy atom. The minimum Gasteiger partial charge on any atom is -0.443 e. The number of anilines is 1. The summed E-state index contributed by atoms with van der Waals surface area (Å²) in [6.45, 7) is 9.20. The summed E-state index contributed by atoms with van der Waals surface area (Å²) in [5, 5.41) is 3.63. The van der Waals surface area contributed by atoms with Gasteiger partial charge in [0.2, 0.25) is 5.91 Å². The van der Waals surface area contributed by atoms with E-state index in [0.717, 1.165) is 41.2 Å². The number of nitrogens with two attached hydrogens (primary N) is 2. The number of likely N-dealkylation sites (N-methyl/N-ethyl adjacent to an activating group) is 1. The molecule has 0 radical (unpaired) electrons. The van der Waals surface area contributed by atoms with E-state index in [-0.39, 0.29) is 35.0 Å². The number of amides is 3. The van der Waals surface area contributed by atoms with E-state index in [2.05, 4.69) is 5.32 Å². The summed E-state index contributed by atoms with van der Waals surface area (Å²) in [7, 11) is -2.12. The van der Waals surface area contributed by atoms with Gasteiger partial charge in [-0.2, -0.15) is 13.2 Å². The Balaban J connectivity index is 2.24. The third-order valence-corrected chi connectivity index (χ3v) is 8.98. The second kappa shape index (κ2) is 13.8. The fourth-order valence-corrected chi connectivity index (χ4v) is 5.62. The lowest BCUT2D eigenvalue weighted by Gasteiger charge is -2.30. The highest BCUT2D eigenvalue weighted by molar-refractivity contribution is 7.89. The zero-order valence-corrected chi connectivity index (χ0v) is 29.5. The van der Waals surface area contributed by atoms with Crippen molar-refractivity contribution >= 4 is 39.5 Å². The minimum atomic E-state index is -4.59. The van der Waals surface area contributed by atoms with Crippen molar-refractivity contribution in [1.29, 1.82) is 0 Å². The summed E-state index contributed by atoms with van der Waals surface area (Å²) in [6.07, 6.45) is -4.68. The van der Waals surface area contributed by atoms with Gasteiger partial charge in [-0.3, -0.25) is 9.69 Å². The Morgan fingerprint density at radius 3 is 1.94 bits per heavy atom. The maximum Gasteiger partial charge on any atom is 0.424 e. The molecule has 13 nitrogen and oxygen atoms in total. The molecule has 1 fully saturated rings. The van der Waals surface area contributed by atoms with Crippen LogP contribution in [0.25, 0.3) is 5.70 Å². The molecule has 0 unspecified atom stereocenters. The van der Waals surface area contributed by atoms with E-state index in [0.29, 0.717) is 17.1 Å². The molecule has 1 aliphatic rings. The first-order chi connectivity index (χ1) is 22.3. The van der Waals surface area contributed by atoms with E-state index in [1.165, 1.54) is 31.4 Å². The SMILES string of the molecule is CNC(=O)C1(N(N)/C=C(\N)c2cc(S(=O)(=O)N(C)C(=O)OC(C)(C)C)ccc2N(Cc2ccc(C(F)(F)F)cc2)C(=O)OC(C)(C)C)CC1. The highest BCUT2D eigenvalue weighted by Gasteiger charge is 2.53. The minimum absolute atomic E-state index is 0.0139. The van der Waals surface area contributed by atoms with Gasteiger partial charge in [0.15, 0.2) is 0 Å². The molecule has 1 saturated carbocycles. The second-order valence-electron chi connectivity index (χ2n) is 13.5. The van der Waals surface area contributed by atoms with E-state index in [9.17, 15) is 36.0 Å². The maximum absolute atomic E-state index is 13.7. The van der Waals surface area contributed by atoms with Gasteiger partial charge >= 0.3 is 18.4 Å². The van der Waals surface area contributed by atoms with Gasteiger partial charge in [-0.15, -0.1) is 0 Å². The quantitative estimate of drug-likeness (QED) is 0.239. The number of nitrogens with one attached hydrogen (secondary N) is 1. The summed E-state index contributed by atoms with van der Waals surface area (Å²) in [5.74, 6) is 5.89. The molecule has 1 aliphatic carbocycles. The third-order valence-electron chi connectivity index (χ3n) is 7.26. The lowest BCUT2D eigenvalue weighted by Crippen LogP contribution is -2.49. The van der Waals surface area contributed by atoms with Crippen molar-refractivity contribution in [2.45, 2.75) is 88.7 Å². The van der Waals surface area contributed by atoms with Crippen LogP contribution in [0.2, 0.25) is 0 Å². The number of hydrazine groups is 1. The van der Waals surface area contributed by atoms with Gasteiger partial charge < -0.3 is 25.5 Å². The number of carbonyl (C=O) groups excluding carboxylic acids is 3. The highest BCUT2D eigenvalue weighted by Crippen LogP contribution is 2.41. The molecule has 0 bridgehead atoms. The zero-order valence-electron chi connectivity index (χ0n) is 28.6. The van der Waals surface area contributed by atoms with E-state index >= 15 is 0 Å². The molecule has 3 amide bonds. The normalized spacial score (nSPS) is 14.8. The van der Waals surface area contributed by atoms with Crippen LogP contribution in [-0.2, 0) is 37.0 Å². The first-order valence-electron chi connectivity index (χ1n) is 15.1. The smallest absolute Gasteiger partial charge is 0.424 e. The summed E-state index contributed by atoms with van der Waals surface area (Å²) in [6, 6.07) is 7.58. The van der Waals surface area contributed by atoms with Crippen molar-refractivity contribution in [2.75, 3.05) is 19.0 Å². The van der Waals surface area contributed by atoms with Crippen LogP contribution in [0.3, 0.4) is 0 Å². The van der Waals surface area contributed by atoms with E-state index < -0.39 is 55.6 Å². The Kier molecular flexibility index (Phi) is 10.9. The van der Waals surface area contributed by atoms with Crippen molar-refractivity contribution in [3.05, 3.63) is 65.4 Å². The monoisotopic (exact) mass is 712 g/mol. The largest absolute Gasteiger partial charge is 0.443 e. The molecule has 270 valence electrons. The number of alkyl halides is 3. The first kappa shape index (κ1) is 38.9. The van der Waals surface area contributed by atoms with Gasteiger partial charge in [0.1, 0.15) is 16.7 Å². The number of hydrogen-bond acceptors (Lipinski definition) is 10. The fourth-order valence-electron chi connectivity index (χ4n) is 4.57. The topological polar surface area (TPSA) is 178 Å². The molecule has 49 heavy (non-hydrogen) atoms. The van der Waals surface area contributed by atoms with Crippen LogP contribution in [0.5, 0.6) is 0 Å². The van der Waals surface area contributed by atoms with Gasteiger partial charge in [-0.05, 0) is 90.3 Å². The molecule has 0 heterocycles. The fraction of sp³-hybridized carbons (Fsp3) is 0.469. The molecule has 3 rings (SSSR count). The van der Waals surface area contributed by atoms with E-state index in [1.54, 1.807) is 41.5 Å². The molecular formula is C32H43F3N6O7S. The maximum atomic E-state index is 13.7. The summed E-state index contributed by atoms with van der Waals surface area (Å²) < 4.78 is 78.3. The first-order valence-corrected chi connectivity index (χ1v) is 16.5. The van der Waals surface area contributed by atoms with Crippen LogP contribution in [-0.4, -0.2) is 66.7 Å². The van der Waals surface area contributed by atoms with Crippen molar-refractivity contribution < 1.29 is 45.4 Å². The second-order valence-corrected chi connectivity index (χ2v) is 15.5. The molecule has 0 saturated heterocycles. The lowest BCUT2D eigenvalue weighted by atomic mass is 10.1. The average molecular weight is 713 g/mol. The molecule has 2 aromatic rings. The number of nitrogens with zero attached hydrogens (tertiary/aromatic N) is 3. The Bertz CT molecular complexity index is 1710. The van der Waals surface area contributed by atoms with Crippen LogP contribution < -0.4 is 21.8 Å². The van der Waals surface area contributed by atoms with Crippen molar-refractivity contribution in [2.24, 2.45) is 11.6 Å². The standard InChI is InChI=1S/C32H43F3N6O7S/c1-29(2,3)47-27(43)39(8)49(45,46)22-13-14-25(23(17-22)24(36)19-41(37)31(15-16-31)26(42)38-7)40(28(44)48-30(4,5)6)18-20-9-11-21(12-10-20)32(33,34)35/h9-14,17,19H,15-16,18,36-37H2,1-8H3,(H,38,42)/b24-19-. The lowest BCUT2D eigenvalue weighted by molar-refractivity contribution is -0.137. The van der Waals surface area contributed by atoms with Crippen LogP contribution in [0.4, 0.5) is 28.4 Å². The number of halogens is 3. The summed E-state index contributed by atoms with van der Waals surface area (Å²) in [5.41, 5.74) is 2.46. The van der Waals surface area contributed by atoms with Crippen molar-refractivity contribution in [1.82, 2.24) is 14.6 Å². The van der Waals surface area contributed by atoms with E-state index in [4.69, 9.17) is 21.1 Å². The van der Waals surface area contributed by atoms with Crippen molar-refractivity contribution in [3.8, 4) is 0 Å². The zero-order chi connectivity index (χ0) is 37.3. The molecule has 2 aromatic carbocycles. The molecule has 0 spiro atoms. The van der Waals surface area contributed by atoms with Gasteiger partial charge in [0.25, 0.3) is 10.0 Å². The highest BCUT2D eigenvalue weighted by atomic mass is 32.2. The summed E-state index contributed by atoms with van der Waals surface area (Å²) in [4.78, 5) is 39.7. The van der Waals surface area contributed by atoms with Crippen LogP contribution in [0, 0.1) is 0 Å². The molecule has 0 aliphatic heterocycles. The Labute approximate surface area is 284 Å². The molecule has 0 atom stereocenters. The molecule has 17 heteroatoms. The van der Waals surface area contributed by atoms with Gasteiger partial charge in [-0.1, -0.05) is 12.1 Å². The number of hydrogen-bond donors (Lipinski definition) is 3. The average Bonchev–Trinajstić information content (AvgIpc) is 3.79. The number of sulfonamides is 1. The summed E-state index contributed by atoms with van der Waals surface area (Å²) >= 11 is 0. The number of carbonyl (C=O) groups is 3. The third kappa shape index (κ3) is 9.35. The van der Waals surface area contributed by atoms with Gasteiger partial charge in [0.05, 0.1) is 28.4 Å². The molecule has 0 aromatic heterocycles. The van der Waals surface area contributed by atoms with Gasteiger partial charge in [-0.25, -0.2) is 28.2 Å². The number of rotatable bonds is 9. The van der Waals surface area contributed by atoms with Gasteiger partial charge in [0, 0.05) is 25.9 Å². The van der Waals surface area contributed by atoms with Crippen LogP contribution in [0.1, 0.15) is 71.1 Å². The predicted molar refractivity (Wildman–Crippen MR) is 176 cm³/mol. The van der Waals surface area contributed by atoms with Crippen molar-refractivity contribution in [3.63, 3.8) is 0 Å². The van der Waals surface area contributed by atoms with Crippen LogP contribution in [0.15, 0.2) is 53.6 Å². The number of ether oxygens (including phenoxy) is 2. The molecule has 5 N–H and O–H groups in total.